The summed E-state index contributed by atoms with van der Waals surface area (Å²) in [6.45, 7) is 0. The number of phenolic OH excluding ortho intramolecular Hbond substituents is 1. The molecule has 1 aliphatic rings. The molecule has 0 spiro atoms. The van der Waals surface area contributed by atoms with E-state index in [4.69, 9.17) is 9.79 Å². The van der Waals surface area contributed by atoms with Gasteiger partial charge >= 0.3 is 7.75 Å². The number of aryl methyl sites for hydroxylation is 1. The Bertz CT molecular complexity index is 659. The topological polar surface area (TPSA) is 110 Å². The number of aromatic hydroxyl groups is 1. The van der Waals surface area contributed by atoms with Crippen molar-refractivity contribution in [2.45, 2.75) is 12.8 Å². The maximum Gasteiger partial charge on any atom is 0.448 e. The highest BCUT2D eigenvalue weighted by Crippen LogP contribution is 2.38. The average Bonchev–Trinajstić information content (AvgIpc) is 2.38. The van der Waals surface area contributed by atoms with Gasteiger partial charge in [-0.2, -0.15) is 4.76 Å². The van der Waals surface area contributed by atoms with Crippen molar-refractivity contribution in [2.24, 2.45) is 10.7 Å². The fourth-order valence-electron chi connectivity index (χ4n) is 2.16. The monoisotopic (exact) mass is 309 g/mol. The Balaban J connectivity index is 2.14. The second-order valence-corrected chi connectivity index (χ2v) is 6.00. The molecule has 0 saturated heterocycles. The predicted molar refractivity (Wildman–Crippen MR) is 79.2 cm³/mol. The van der Waals surface area contributed by atoms with Crippen LogP contribution in [-0.2, 0) is 11.0 Å². The highest BCUT2D eigenvalue weighted by atomic mass is 31.2. The number of nitrogens with zero attached hydrogens (tertiary/aromatic N) is 1. The predicted octanol–water partition coefficient (Wildman–Crippen LogP) is 2.49. The molecule has 0 heterocycles. The molecule has 6 nitrogen and oxygen atoms in total. The second kappa shape index (κ2) is 6.26. The van der Waals surface area contributed by atoms with Crippen molar-refractivity contribution in [3.05, 3.63) is 53.8 Å². The van der Waals surface area contributed by atoms with Gasteiger partial charge in [-0.1, -0.05) is 12.1 Å². The van der Waals surface area contributed by atoms with Crippen molar-refractivity contribution in [1.82, 2.24) is 0 Å². The molecule has 0 aromatic heterocycles. The molecule has 1 aromatic carbocycles. The summed E-state index contributed by atoms with van der Waals surface area (Å²) >= 11 is 0. The molecule has 0 saturated carbocycles. The molecule has 1 aliphatic carbocycles. The Kier molecular flexibility index (Phi) is 4.63. The summed E-state index contributed by atoms with van der Waals surface area (Å²) in [5, 5.41) is 18.9. The van der Waals surface area contributed by atoms with Crippen LogP contribution in [0.5, 0.6) is 5.75 Å². The van der Waals surface area contributed by atoms with E-state index in [1.807, 2.05) is 6.07 Å². The second-order valence-electron chi connectivity index (χ2n) is 4.78. The fraction of sp³-hybridized carbons (Fsp3) is 0.214. The van der Waals surface area contributed by atoms with E-state index in [1.165, 1.54) is 18.2 Å². The van der Waals surface area contributed by atoms with Gasteiger partial charge in [-0.3, -0.25) is 0 Å². The molecule has 1 unspecified atom stereocenters. The lowest BCUT2D eigenvalue weighted by molar-refractivity contribution is 0.374. The molecule has 1 aromatic rings. The van der Waals surface area contributed by atoms with Crippen LogP contribution < -0.4 is 0 Å². The normalized spacial score (nSPS) is 20.6. The highest BCUT2D eigenvalue weighted by Gasteiger charge is 2.20. The zero-order chi connectivity index (χ0) is 15.5. The lowest BCUT2D eigenvalue weighted by atomic mass is 9.91. The minimum absolute atomic E-state index is 0.0422. The maximum absolute atomic E-state index is 11.0. The first-order valence-electron chi connectivity index (χ1n) is 6.36. The van der Waals surface area contributed by atoms with Crippen LogP contribution >= 0.6 is 7.75 Å². The van der Waals surface area contributed by atoms with Gasteiger partial charge in [0.05, 0.1) is 5.71 Å². The summed E-state index contributed by atoms with van der Waals surface area (Å²) in [6, 6.07) is 6.77. The molecule has 21 heavy (non-hydrogen) atoms. The van der Waals surface area contributed by atoms with Crippen LogP contribution in [0.4, 0.5) is 0 Å². The third-order valence-corrected chi connectivity index (χ3v) is 3.57. The van der Waals surface area contributed by atoms with E-state index in [0.29, 0.717) is 12.8 Å². The van der Waals surface area contributed by atoms with Gasteiger partial charge in [-0.25, -0.2) is 4.57 Å². The van der Waals surface area contributed by atoms with Gasteiger partial charge in [0.25, 0.3) is 0 Å². The molecule has 0 aliphatic heterocycles. The van der Waals surface area contributed by atoms with E-state index in [0.717, 1.165) is 5.56 Å². The van der Waals surface area contributed by atoms with Crippen LogP contribution in [0.3, 0.4) is 0 Å². The van der Waals surface area contributed by atoms with E-state index in [9.17, 15) is 14.8 Å². The van der Waals surface area contributed by atoms with E-state index in [-0.39, 0.29) is 23.1 Å². The number of aliphatic hydroxyl groups is 1. The number of phenols is 1. The number of rotatable bonds is 4. The lowest BCUT2D eigenvalue weighted by Gasteiger charge is -2.17. The van der Waals surface area contributed by atoms with Gasteiger partial charge in [0.2, 0.25) is 0 Å². The molecule has 1 atom stereocenters. The Morgan fingerprint density at radius 2 is 1.95 bits per heavy atom. The third kappa shape index (κ3) is 4.86. The van der Waals surface area contributed by atoms with Gasteiger partial charge in [0.1, 0.15) is 11.5 Å². The van der Waals surface area contributed by atoms with Crippen LogP contribution in [0.15, 0.2) is 53.0 Å². The number of hydrogen-bond acceptors (Lipinski definition) is 3. The first kappa shape index (κ1) is 15.5. The Hall–Kier alpha value is -1.88. The quantitative estimate of drug-likeness (QED) is 0.639. The average molecular weight is 309 g/mol. The molecule has 4 N–H and O–H groups in total. The highest BCUT2D eigenvalue weighted by molar-refractivity contribution is 7.50. The zero-order valence-electron chi connectivity index (χ0n) is 11.1. The molecule has 7 heteroatoms. The summed E-state index contributed by atoms with van der Waals surface area (Å²) < 4.78 is 14.4. The molecule has 0 fully saturated rings. The van der Waals surface area contributed by atoms with E-state index >= 15 is 0 Å². The molecule has 112 valence electrons. The number of hydrogen-bond donors (Lipinski definition) is 4. The minimum atomic E-state index is -4.51. The first-order chi connectivity index (χ1) is 9.83. The van der Waals surface area contributed by atoms with Crippen molar-refractivity contribution < 1.29 is 24.6 Å². The summed E-state index contributed by atoms with van der Waals surface area (Å²) in [4.78, 5) is 17.9. The Morgan fingerprint density at radius 3 is 2.62 bits per heavy atom. The summed E-state index contributed by atoms with van der Waals surface area (Å²) in [5.74, 6) is -0.177. The number of aliphatic hydroxyl groups excluding tert-OH is 1. The van der Waals surface area contributed by atoms with Crippen LogP contribution in [0.2, 0.25) is 0 Å². The SMILES string of the molecule is O=P(O)(O)/N=C1\C=CC(O)=CC1CCc1cccc(O)c1. The standard InChI is InChI=1S/C14H16NO5P/c16-12-3-1-2-10(8-12)4-5-11-9-13(17)6-7-14(11)15-21(18,19)20/h1-3,6-9,11,16-17H,4-5H2,(H2,18,19,20)/b15-14+. The zero-order valence-corrected chi connectivity index (χ0v) is 12.0. The van der Waals surface area contributed by atoms with Crippen LogP contribution in [0.25, 0.3) is 0 Å². The molecule has 0 radical (unpaired) electrons. The van der Waals surface area contributed by atoms with Crippen LogP contribution in [0.1, 0.15) is 12.0 Å². The summed E-state index contributed by atoms with van der Waals surface area (Å²) in [5.41, 5.74) is 1.13. The number of benzene rings is 1. The molecular weight excluding hydrogens is 293 g/mol. The van der Waals surface area contributed by atoms with Crippen molar-refractivity contribution in [3.8, 4) is 5.75 Å². The molecule has 0 bridgehead atoms. The van der Waals surface area contributed by atoms with Crippen molar-refractivity contribution in [2.75, 3.05) is 0 Å². The minimum Gasteiger partial charge on any atom is -0.508 e. The largest absolute Gasteiger partial charge is 0.508 e. The van der Waals surface area contributed by atoms with E-state index in [2.05, 4.69) is 4.76 Å². The fourth-order valence-corrected chi connectivity index (χ4v) is 2.68. The van der Waals surface area contributed by atoms with Crippen molar-refractivity contribution >= 4 is 13.5 Å². The van der Waals surface area contributed by atoms with Gasteiger partial charge in [0.15, 0.2) is 0 Å². The third-order valence-electron chi connectivity index (χ3n) is 3.08. The summed E-state index contributed by atoms with van der Waals surface area (Å²) in [7, 11) is -4.51. The van der Waals surface area contributed by atoms with Gasteiger partial charge in [-0.05, 0) is 48.8 Å². The van der Waals surface area contributed by atoms with Crippen LogP contribution in [-0.4, -0.2) is 25.7 Å². The van der Waals surface area contributed by atoms with Crippen molar-refractivity contribution in [1.29, 1.82) is 0 Å². The van der Waals surface area contributed by atoms with E-state index in [1.54, 1.807) is 18.2 Å². The summed E-state index contributed by atoms with van der Waals surface area (Å²) in [6.07, 6.45) is 5.35. The van der Waals surface area contributed by atoms with E-state index < -0.39 is 7.75 Å². The molecule has 2 rings (SSSR count). The van der Waals surface area contributed by atoms with Gasteiger partial charge in [-0.15, -0.1) is 0 Å². The Morgan fingerprint density at radius 1 is 1.19 bits per heavy atom. The Labute approximate surface area is 122 Å². The lowest BCUT2D eigenvalue weighted by Crippen LogP contribution is -2.15. The smallest absolute Gasteiger partial charge is 0.448 e. The number of allylic oxidation sites excluding steroid dienone is 3. The maximum atomic E-state index is 11.0. The first-order valence-corrected chi connectivity index (χ1v) is 7.92. The van der Waals surface area contributed by atoms with Gasteiger partial charge < -0.3 is 20.0 Å². The molecular formula is C14H16NO5P. The van der Waals surface area contributed by atoms with Gasteiger partial charge in [0, 0.05) is 5.92 Å². The van der Waals surface area contributed by atoms with Crippen molar-refractivity contribution in [3.63, 3.8) is 0 Å². The van der Waals surface area contributed by atoms with Crippen LogP contribution in [0, 0.1) is 5.92 Å². The molecule has 0 amide bonds.